The van der Waals surface area contributed by atoms with Crippen LogP contribution < -0.4 is 14.9 Å². The minimum Gasteiger partial charge on any atom is -0.457 e. The molecule has 0 amide bonds. The van der Waals surface area contributed by atoms with Crippen molar-refractivity contribution < 1.29 is 19.5 Å². The molecule has 0 atom stereocenters. The number of rotatable bonds is 6. The predicted molar refractivity (Wildman–Crippen MR) is 376 cm³/mol. The lowest BCUT2D eigenvalue weighted by atomic mass is 9.65. The van der Waals surface area contributed by atoms with Gasteiger partial charge in [0.25, 0.3) is 0 Å². The molecule has 0 fully saturated rings. The first-order valence-electron chi connectivity index (χ1n) is 30.5. The summed E-state index contributed by atoms with van der Waals surface area (Å²) in [5, 5.41) is 20.3. The lowest BCUT2D eigenvalue weighted by Gasteiger charge is -2.39. The normalized spacial score (nSPS) is 13.1. The van der Waals surface area contributed by atoms with Gasteiger partial charge in [0, 0.05) is 61.6 Å². The third kappa shape index (κ3) is 9.97. The molecule has 2 aliphatic heterocycles. The van der Waals surface area contributed by atoms with E-state index in [4.69, 9.17) is 37.7 Å². The van der Waals surface area contributed by atoms with E-state index in [9.17, 15) is 10.0 Å². The summed E-state index contributed by atoms with van der Waals surface area (Å²) in [7, 11) is -1.57. The summed E-state index contributed by atoms with van der Waals surface area (Å²) in [5.74, 6) is 3.37. The third-order valence-electron chi connectivity index (χ3n) is 17.8. The Kier molecular flexibility index (Phi) is 15.0. The van der Waals surface area contributed by atoms with Crippen LogP contribution in [0.15, 0.2) is 296 Å². The van der Waals surface area contributed by atoms with Crippen molar-refractivity contribution in [3.05, 3.63) is 351 Å². The zero-order valence-electron chi connectivity index (χ0n) is 49.8. The number of hydrogen-bond donors (Lipinski definition) is 2. The van der Waals surface area contributed by atoms with E-state index in [-0.39, 0.29) is 0 Å². The quantitative estimate of drug-likeness (QED) is 0.155. The second-order valence-corrected chi connectivity index (χ2v) is 24.8. The summed E-state index contributed by atoms with van der Waals surface area (Å²) < 4.78 is 14.0. The number of benzene rings is 8. The zero-order chi connectivity index (χ0) is 63.5. The Morgan fingerprint density at radius 3 is 1.01 bits per heavy atom. The van der Waals surface area contributed by atoms with Crippen molar-refractivity contribution in [1.82, 2.24) is 29.9 Å². The summed E-state index contributed by atoms with van der Waals surface area (Å²) in [4.78, 5) is 27.2. The number of halogens is 3. The molecule has 10 nitrogen and oxygen atoms in total. The molecule has 2 aliphatic carbocycles. The summed E-state index contributed by atoms with van der Waals surface area (Å²) in [5.41, 5.74) is 21.2. The molecule has 6 aromatic heterocycles. The number of fused-ring (bicyclic) bond motifs is 18. The largest absolute Gasteiger partial charge is 0.488 e. The van der Waals surface area contributed by atoms with E-state index in [0.29, 0.717) is 38.3 Å². The number of pyridine rings is 6. The fraction of sp³-hybridized carbons (Fsp3) is 0.0250. The van der Waals surface area contributed by atoms with Crippen LogP contribution in [0.4, 0.5) is 0 Å². The highest BCUT2D eigenvalue weighted by Crippen LogP contribution is 2.64. The Morgan fingerprint density at radius 1 is 0.309 bits per heavy atom. The molecular weight excluding hydrogens is 1270 g/mol. The van der Waals surface area contributed by atoms with Crippen LogP contribution in [0.2, 0.25) is 10.0 Å². The fourth-order valence-electron chi connectivity index (χ4n) is 13.9. The first-order chi connectivity index (χ1) is 46.1. The molecule has 448 valence electrons. The third-order valence-corrected chi connectivity index (χ3v) is 18.7. The van der Waals surface area contributed by atoms with Gasteiger partial charge in [-0.1, -0.05) is 167 Å². The average molecular weight is 1320 g/mol. The molecule has 0 radical (unpaired) electrons. The highest BCUT2D eigenvalue weighted by Gasteiger charge is 2.53. The SMILES string of the molecule is Clc1ccc2c(c1)C1(c3cc(-c4cc(-c5ccccn5)nc(-c5ccccn5)c4)ccc3O2)c2ccccc2-c2ccccc21.Clc1ccc2c(c1)C1(c3cc(Br)ccc3O2)c2ccccc2-c2ccccc21.OB(O)c1cc(-c2ccccn2)nc(-c2ccccn2)c1. The molecule has 2 N–H and O–H groups in total. The van der Waals surface area contributed by atoms with Gasteiger partial charge in [-0.25, -0.2) is 9.97 Å². The molecule has 8 aromatic carbocycles. The van der Waals surface area contributed by atoms with Crippen LogP contribution in [0.1, 0.15) is 44.5 Å². The maximum absolute atomic E-state index is 9.45. The molecule has 14 aromatic rings. The van der Waals surface area contributed by atoms with Gasteiger partial charge < -0.3 is 19.5 Å². The molecule has 8 heterocycles. The minimum absolute atomic E-state index is 0.353. The highest BCUT2D eigenvalue weighted by atomic mass is 79.9. The molecule has 94 heavy (non-hydrogen) atoms. The van der Waals surface area contributed by atoms with E-state index < -0.39 is 17.9 Å². The van der Waals surface area contributed by atoms with E-state index in [2.05, 4.69) is 186 Å². The van der Waals surface area contributed by atoms with Gasteiger partial charge in [0.05, 0.1) is 56.4 Å². The van der Waals surface area contributed by atoms with E-state index in [0.717, 1.165) is 83.6 Å². The van der Waals surface area contributed by atoms with Gasteiger partial charge in [0.2, 0.25) is 0 Å². The van der Waals surface area contributed by atoms with Crippen molar-refractivity contribution in [2.45, 2.75) is 10.8 Å². The monoisotopic (exact) mass is 1320 g/mol. The van der Waals surface area contributed by atoms with Crippen LogP contribution in [-0.4, -0.2) is 47.1 Å². The van der Waals surface area contributed by atoms with Crippen molar-refractivity contribution in [2.24, 2.45) is 0 Å². The van der Waals surface area contributed by atoms with Gasteiger partial charge in [-0.15, -0.1) is 0 Å². The second kappa shape index (κ2) is 24.1. The lowest BCUT2D eigenvalue weighted by Crippen LogP contribution is -2.32. The molecule has 0 bridgehead atoms. The van der Waals surface area contributed by atoms with Gasteiger partial charge in [-0.05, 0) is 201 Å². The van der Waals surface area contributed by atoms with Gasteiger partial charge in [-0.3, -0.25) is 19.9 Å². The van der Waals surface area contributed by atoms with Crippen molar-refractivity contribution in [3.63, 3.8) is 0 Å². The molecule has 4 aliphatic rings. The molecule has 0 saturated carbocycles. The number of hydrogen-bond acceptors (Lipinski definition) is 10. The van der Waals surface area contributed by atoms with Crippen LogP contribution >= 0.6 is 39.1 Å². The van der Waals surface area contributed by atoms with E-state index in [1.807, 2.05) is 109 Å². The summed E-state index contributed by atoms with van der Waals surface area (Å²) in [6, 6.07) is 89.5. The van der Waals surface area contributed by atoms with E-state index >= 15 is 0 Å². The average Bonchev–Trinajstić information content (AvgIpc) is 1.47. The van der Waals surface area contributed by atoms with Crippen molar-refractivity contribution >= 4 is 51.7 Å². The van der Waals surface area contributed by atoms with Crippen LogP contribution in [0.5, 0.6) is 23.0 Å². The molecule has 0 unspecified atom stereocenters. The minimum atomic E-state index is -1.57. The summed E-state index contributed by atoms with van der Waals surface area (Å²) in [6.45, 7) is 0. The van der Waals surface area contributed by atoms with E-state index in [1.165, 1.54) is 44.5 Å². The maximum atomic E-state index is 9.45. The first kappa shape index (κ1) is 58.4. The van der Waals surface area contributed by atoms with Gasteiger partial charge in [-0.2, -0.15) is 0 Å². The first-order valence-corrected chi connectivity index (χ1v) is 32.0. The van der Waals surface area contributed by atoms with Crippen LogP contribution in [0, 0.1) is 0 Å². The Balaban J connectivity index is 0.000000122. The number of nitrogens with zero attached hydrogens (tertiary/aromatic N) is 6. The van der Waals surface area contributed by atoms with E-state index in [1.54, 1.807) is 36.9 Å². The van der Waals surface area contributed by atoms with Crippen LogP contribution in [-0.2, 0) is 10.8 Å². The Labute approximate surface area is 560 Å². The lowest BCUT2D eigenvalue weighted by molar-refractivity contribution is 0.425. The Bertz CT molecular complexity index is 5010. The van der Waals surface area contributed by atoms with Gasteiger partial charge >= 0.3 is 7.12 Å². The smallest absolute Gasteiger partial charge is 0.457 e. The van der Waals surface area contributed by atoms with Crippen LogP contribution in [0.3, 0.4) is 0 Å². The Morgan fingerprint density at radius 2 is 0.638 bits per heavy atom. The van der Waals surface area contributed by atoms with Crippen LogP contribution in [0.25, 0.3) is 78.9 Å². The standard InChI is InChI=1S/C40H24ClN3O.C25H14BrClO.C15H12BN3O2/c41-27-16-18-39-33(24-27)40(30-11-3-1-9-28(30)29-10-2-4-12-31(29)40)32-21-25(15-17-38(32)45-39)26-22-36(34-13-5-7-19-42-34)44-37(23-26)35-14-6-8-20-43-35;26-15-9-11-23-21(13-15)25(22-14-16(27)10-12-24(22)28-23)19-7-3-1-5-17(19)18-6-2-4-8-20(18)25;20-16(21)11-9-14(12-5-1-3-7-17-12)19-15(10-11)13-6-2-4-8-18-13/h1-24H;1-14H;1-10,20-21H. The topological polar surface area (TPSA) is 136 Å². The number of ether oxygens (including phenoxy) is 2. The van der Waals surface area contributed by atoms with Crippen molar-refractivity contribution in [1.29, 1.82) is 0 Å². The van der Waals surface area contributed by atoms with Gasteiger partial charge in [0.15, 0.2) is 0 Å². The zero-order valence-corrected chi connectivity index (χ0v) is 52.9. The molecule has 18 rings (SSSR count). The maximum Gasteiger partial charge on any atom is 0.488 e. The van der Waals surface area contributed by atoms with Crippen molar-refractivity contribution in [3.8, 4) is 102 Å². The predicted octanol–water partition coefficient (Wildman–Crippen LogP) is 18.5. The van der Waals surface area contributed by atoms with Gasteiger partial charge in [0.1, 0.15) is 23.0 Å². The second-order valence-electron chi connectivity index (χ2n) is 23.0. The molecular formula is C80H50BBrCl2N6O4. The highest BCUT2D eigenvalue weighted by molar-refractivity contribution is 9.10. The number of aromatic nitrogens is 6. The Hall–Kier alpha value is -10.7. The summed E-state index contributed by atoms with van der Waals surface area (Å²) >= 11 is 16.9. The fourth-order valence-corrected chi connectivity index (χ4v) is 14.6. The molecule has 0 saturated heterocycles. The molecule has 2 spiro atoms. The van der Waals surface area contributed by atoms with Crippen molar-refractivity contribution in [2.75, 3.05) is 0 Å². The summed E-state index contributed by atoms with van der Waals surface area (Å²) in [6.07, 6.45) is 6.92. The molecule has 14 heteroatoms.